The lowest BCUT2D eigenvalue weighted by Crippen LogP contribution is -2.31. The van der Waals surface area contributed by atoms with Crippen LogP contribution in [0.2, 0.25) is 0 Å². The Balaban J connectivity index is 2.32. The summed E-state index contributed by atoms with van der Waals surface area (Å²) >= 11 is 0. The van der Waals surface area contributed by atoms with Crippen molar-refractivity contribution in [2.24, 2.45) is 5.92 Å². The van der Waals surface area contributed by atoms with Crippen LogP contribution in [-0.4, -0.2) is 23.3 Å². The van der Waals surface area contributed by atoms with Crippen LogP contribution in [0, 0.1) is 5.92 Å². The fourth-order valence-electron chi connectivity index (χ4n) is 1.35. The van der Waals surface area contributed by atoms with Gasteiger partial charge in [0.25, 0.3) is 0 Å². The molecule has 0 aromatic carbocycles. The van der Waals surface area contributed by atoms with Crippen LogP contribution in [0.5, 0.6) is 0 Å². The number of aliphatic hydroxyl groups is 1. The molecule has 1 rings (SSSR count). The zero-order chi connectivity index (χ0) is 9.19. The first kappa shape index (κ1) is 9.52. The van der Waals surface area contributed by atoms with Crippen molar-refractivity contribution in [1.29, 1.82) is 0 Å². The van der Waals surface area contributed by atoms with Crippen molar-refractivity contribution in [3.05, 3.63) is 0 Å². The summed E-state index contributed by atoms with van der Waals surface area (Å²) in [5.74, 6) is 0.0105. The van der Waals surface area contributed by atoms with E-state index in [4.69, 9.17) is 4.74 Å². The summed E-state index contributed by atoms with van der Waals surface area (Å²) in [5.41, 5.74) is -0.841. The molecular formula is C9H16O3. The molecule has 1 aliphatic rings. The Kier molecular flexibility index (Phi) is 2.73. The molecule has 1 N–H and O–H groups in total. The number of rotatable bonds is 4. The molecule has 3 heteroatoms. The third-order valence-corrected chi connectivity index (χ3v) is 2.26. The average molecular weight is 172 g/mol. The summed E-state index contributed by atoms with van der Waals surface area (Å²) in [6.45, 7) is 3.87. The molecule has 1 atom stereocenters. The summed E-state index contributed by atoms with van der Waals surface area (Å²) < 4.78 is 4.76. The van der Waals surface area contributed by atoms with Gasteiger partial charge in [-0.3, -0.25) is 4.79 Å². The van der Waals surface area contributed by atoms with E-state index >= 15 is 0 Å². The van der Waals surface area contributed by atoms with Crippen LogP contribution in [0.1, 0.15) is 33.1 Å². The van der Waals surface area contributed by atoms with E-state index in [1.165, 1.54) is 0 Å². The topological polar surface area (TPSA) is 46.5 Å². The van der Waals surface area contributed by atoms with E-state index in [-0.39, 0.29) is 12.4 Å². The first-order chi connectivity index (χ1) is 5.56. The predicted molar refractivity (Wildman–Crippen MR) is 44.6 cm³/mol. The number of hydrogen-bond acceptors (Lipinski definition) is 3. The first-order valence-electron chi connectivity index (χ1n) is 4.44. The van der Waals surface area contributed by atoms with Gasteiger partial charge in [0.1, 0.15) is 0 Å². The van der Waals surface area contributed by atoms with Gasteiger partial charge in [0.15, 0.2) is 0 Å². The Morgan fingerprint density at radius 1 is 1.67 bits per heavy atom. The van der Waals surface area contributed by atoms with Crippen LogP contribution in [0.3, 0.4) is 0 Å². The minimum atomic E-state index is -0.841. The molecule has 0 amide bonds. The summed E-state index contributed by atoms with van der Waals surface area (Å²) in [6.07, 6.45) is 2.20. The highest BCUT2D eigenvalue weighted by atomic mass is 16.5. The lowest BCUT2D eigenvalue weighted by Gasteiger charge is -2.21. The zero-order valence-electron chi connectivity index (χ0n) is 7.67. The van der Waals surface area contributed by atoms with Crippen molar-refractivity contribution in [2.45, 2.75) is 38.7 Å². The summed E-state index contributed by atoms with van der Waals surface area (Å²) in [6, 6.07) is 0. The summed E-state index contributed by atoms with van der Waals surface area (Å²) in [5, 5.41) is 9.75. The molecule has 0 heterocycles. The van der Waals surface area contributed by atoms with E-state index in [1.807, 2.05) is 0 Å². The largest absolute Gasteiger partial charge is 0.466 e. The highest BCUT2D eigenvalue weighted by Crippen LogP contribution is 2.41. The second-order valence-electron chi connectivity index (χ2n) is 3.61. The van der Waals surface area contributed by atoms with Gasteiger partial charge >= 0.3 is 5.97 Å². The normalized spacial score (nSPS) is 21.6. The van der Waals surface area contributed by atoms with E-state index in [0.29, 0.717) is 12.5 Å². The maximum atomic E-state index is 11.0. The first-order valence-corrected chi connectivity index (χ1v) is 4.44. The number of esters is 1. The fourth-order valence-corrected chi connectivity index (χ4v) is 1.35. The van der Waals surface area contributed by atoms with Gasteiger partial charge in [-0.1, -0.05) is 0 Å². The molecule has 1 fully saturated rings. The van der Waals surface area contributed by atoms with Crippen molar-refractivity contribution in [3.8, 4) is 0 Å². The predicted octanol–water partition coefficient (Wildman–Crippen LogP) is 1.10. The minimum Gasteiger partial charge on any atom is -0.466 e. The maximum Gasteiger partial charge on any atom is 0.308 e. The summed E-state index contributed by atoms with van der Waals surface area (Å²) in [4.78, 5) is 11.0. The number of carbonyl (C=O) groups excluding carboxylic acids is 1. The standard InChI is InChI=1S/C9H16O3/c1-3-12-8(10)6-9(2,11)7-4-5-7/h7,11H,3-6H2,1-2H3/t9-/m0/s1. The molecule has 70 valence electrons. The smallest absolute Gasteiger partial charge is 0.308 e. The van der Waals surface area contributed by atoms with Gasteiger partial charge in [-0.2, -0.15) is 0 Å². The van der Waals surface area contributed by atoms with Gasteiger partial charge in [-0.15, -0.1) is 0 Å². The number of carbonyl (C=O) groups is 1. The van der Waals surface area contributed by atoms with Gasteiger partial charge in [0.2, 0.25) is 0 Å². The Hall–Kier alpha value is -0.570. The van der Waals surface area contributed by atoms with Crippen molar-refractivity contribution in [3.63, 3.8) is 0 Å². The Morgan fingerprint density at radius 2 is 2.25 bits per heavy atom. The maximum absolute atomic E-state index is 11.0. The Labute approximate surface area is 72.7 Å². The lowest BCUT2D eigenvalue weighted by molar-refractivity contribution is -0.148. The molecular weight excluding hydrogens is 156 g/mol. The highest BCUT2D eigenvalue weighted by Gasteiger charge is 2.41. The van der Waals surface area contributed by atoms with E-state index in [0.717, 1.165) is 12.8 Å². The molecule has 3 nitrogen and oxygen atoms in total. The molecule has 0 aromatic rings. The van der Waals surface area contributed by atoms with E-state index in [2.05, 4.69) is 0 Å². The monoisotopic (exact) mass is 172 g/mol. The third-order valence-electron chi connectivity index (χ3n) is 2.26. The second-order valence-corrected chi connectivity index (χ2v) is 3.61. The third kappa shape index (κ3) is 2.48. The summed E-state index contributed by atoms with van der Waals surface area (Å²) in [7, 11) is 0. The van der Waals surface area contributed by atoms with Crippen LogP contribution in [0.25, 0.3) is 0 Å². The fraction of sp³-hybridized carbons (Fsp3) is 0.889. The van der Waals surface area contributed by atoms with Gasteiger partial charge in [-0.25, -0.2) is 0 Å². The van der Waals surface area contributed by atoms with Crippen LogP contribution in [0.4, 0.5) is 0 Å². The van der Waals surface area contributed by atoms with Gasteiger partial charge in [0, 0.05) is 0 Å². The van der Waals surface area contributed by atoms with Crippen molar-refractivity contribution < 1.29 is 14.6 Å². The SMILES string of the molecule is CCOC(=O)C[C@](C)(O)C1CC1. The Morgan fingerprint density at radius 3 is 2.67 bits per heavy atom. The Bertz CT molecular complexity index is 171. The molecule has 1 aliphatic carbocycles. The van der Waals surface area contributed by atoms with Gasteiger partial charge < -0.3 is 9.84 Å². The van der Waals surface area contributed by atoms with Crippen LogP contribution in [0.15, 0.2) is 0 Å². The van der Waals surface area contributed by atoms with E-state index < -0.39 is 5.60 Å². The number of ether oxygens (including phenoxy) is 1. The average Bonchev–Trinajstić information content (AvgIpc) is 2.65. The molecule has 0 saturated heterocycles. The molecule has 1 saturated carbocycles. The molecule has 0 aliphatic heterocycles. The second kappa shape index (κ2) is 3.44. The highest BCUT2D eigenvalue weighted by molar-refractivity contribution is 5.70. The minimum absolute atomic E-state index is 0.130. The van der Waals surface area contributed by atoms with Gasteiger partial charge in [0.05, 0.1) is 18.6 Å². The molecule has 0 aromatic heterocycles. The quantitative estimate of drug-likeness (QED) is 0.646. The van der Waals surface area contributed by atoms with Gasteiger partial charge in [-0.05, 0) is 32.6 Å². The molecule has 0 unspecified atom stereocenters. The molecule has 0 bridgehead atoms. The molecule has 12 heavy (non-hydrogen) atoms. The van der Waals surface area contributed by atoms with Crippen molar-refractivity contribution in [1.82, 2.24) is 0 Å². The van der Waals surface area contributed by atoms with Crippen LogP contribution in [-0.2, 0) is 9.53 Å². The van der Waals surface area contributed by atoms with Crippen LogP contribution < -0.4 is 0 Å². The lowest BCUT2D eigenvalue weighted by atomic mass is 9.97. The molecule has 0 radical (unpaired) electrons. The number of hydrogen-bond donors (Lipinski definition) is 1. The zero-order valence-corrected chi connectivity index (χ0v) is 7.67. The van der Waals surface area contributed by atoms with E-state index in [9.17, 15) is 9.90 Å². The van der Waals surface area contributed by atoms with Crippen molar-refractivity contribution in [2.75, 3.05) is 6.61 Å². The molecule has 0 spiro atoms. The van der Waals surface area contributed by atoms with Crippen LogP contribution >= 0.6 is 0 Å². The van der Waals surface area contributed by atoms with E-state index in [1.54, 1.807) is 13.8 Å². The van der Waals surface area contributed by atoms with Crippen molar-refractivity contribution >= 4 is 5.97 Å².